The maximum Gasteiger partial charge on any atom is 0.418 e. The number of thiophene rings is 1. The van der Waals surface area contributed by atoms with Gasteiger partial charge in [-0.3, -0.25) is 10.1 Å². The van der Waals surface area contributed by atoms with Gasteiger partial charge >= 0.3 is 18.3 Å². The Balaban J connectivity index is 1.29. The van der Waals surface area contributed by atoms with Gasteiger partial charge in [0.15, 0.2) is 6.10 Å². The third-order valence-electron chi connectivity index (χ3n) is 8.88. The summed E-state index contributed by atoms with van der Waals surface area (Å²) in [5.41, 5.74) is -0.0496. The Morgan fingerprint density at radius 3 is 2.42 bits per heavy atom. The number of anilines is 2. The molecule has 1 aromatic heterocycles. The second-order valence-corrected chi connectivity index (χ2v) is 13.2. The highest BCUT2D eigenvalue weighted by Crippen LogP contribution is 2.40. The molecule has 3 aliphatic rings. The molecule has 246 valence electrons. The summed E-state index contributed by atoms with van der Waals surface area (Å²) in [4.78, 5) is 46.9. The molecule has 0 spiro atoms. The first-order valence-electron chi connectivity index (χ1n) is 15.0. The smallest absolute Gasteiger partial charge is 0.418 e. The summed E-state index contributed by atoms with van der Waals surface area (Å²) in [6, 6.07) is 4.34. The Bertz CT molecular complexity index is 1410. The number of carbonyl (C=O) groups excluding carboxylic acids is 3. The molecule has 2 saturated heterocycles. The van der Waals surface area contributed by atoms with Crippen LogP contribution in [0.15, 0.2) is 23.6 Å². The van der Waals surface area contributed by atoms with Crippen molar-refractivity contribution in [1.29, 1.82) is 0 Å². The minimum atomic E-state index is -4.69. The van der Waals surface area contributed by atoms with Crippen LogP contribution in [0.3, 0.4) is 0 Å². The van der Waals surface area contributed by atoms with Crippen molar-refractivity contribution >= 4 is 51.7 Å². The van der Waals surface area contributed by atoms with Crippen molar-refractivity contribution < 1.29 is 32.3 Å². The van der Waals surface area contributed by atoms with Crippen molar-refractivity contribution in [3.63, 3.8) is 0 Å². The molecule has 0 saturated carbocycles. The number of benzene rings is 1. The third-order valence-corrected chi connectivity index (χ3v) is 10.1. The lowest BCUT2D eigenvalue weighted by Gasteiger charge is -2.40. The van der Waals surface area contributed by atoms with Gasteiger partial charge in [0.05, 0.1) is 22.8 Å². The number of alkyl halides is 3. The number of ether oxygens (including phenoxy) is 1. The maximum absolute atomic E-state index is 13.9. The van der Waals surface area contributed by atoms with Crippen LogP contribution in [0.5, 0.6) is 0 Å². The molecular weight excluding hydrogens is 633 g/mol. The summed E-state index contributed by atoms with van der Waals surface area (Å²) in [5.74, 6) is -0.450. The highest BCUT2D eigenvalue weighted by molar-refractivity contribution is 7.14. The Labute approximate surface area is 269 Å². The molecule has 0 unspecified atom stereocenters. The molecule has 4 heterocycles. The van der Waals surface area contributed by atoms with E-state index in [1.54, 1.807) is 9.80 Å². The second-order valence-electron chi connectivity index (χ2n) is 11.9. The van der Waals surface area contributed by atoms with Gasteiger partial charge in [-0.05, 0) is 68.9 Å². The highest BCUT2D eigenvalue weighted by atomic mass is 35.5. The number of amides is 4. The molecule has 0 bridgehead atoms. The molecule has 2 fully saturated rings. The lowest BCUT2D eigenvalue weighted by atomic mass is 10.00. The SMILES string of the molecule is CNc1c(Cl)cc(C[C@@H](OC(=O)N2CCC(N3Cc4ccsc4NC3=O)CC2)C(=O)N2CCC(N(C)C)CC2)cc1C(F)(F)F. The van der Waals surface area contributed by atoms with Gasteiger partial charge in [0.25, 0.3) is 5.91 Å². The fraction of sp³-hybridized carbons (Fsp3) is 0.567. The topological polar surface area (TPSA) is 97.5 Å². The lowest BCUT2D eigenvalue weighted by molar-refractivity contribution is -0.142. The number of hydrogen-bond acceptors (Lipinski definition) is 7. The Morgan fingerprint density at radius 2 is 1.80 bits per heavy atom. The normalized spacial score (nSPS) is 18.9. The van der Waals surface area contributed by atoms with Crippen LogP contribution in [0, 0.1) is 0 Å². The Hall–Kier alpha value is -3.23. The van der Waals surface area contributed by atoms with Gasteiger partial charge in [0.1, 0.15) is 5.00 Å². The van der Waals surface area contributed by atoms with Gasteiger partial charge in [-0.15, -0.1) is 11.3 Å². The minimum absolute atomic E-state index is 0.0776. The van der Waals surface area contributed by atoms with E-state index in [9.17, 15) is 27.6 Å². The average molecular weight is 671 g/mol. The number of rotatable bonds is 7. The summed E-state index contributed by atoms with van der Waals surface area (Å²) in [6.45, 7) is 1.99. The van der Waals surface area contributed by atoms with E-state index in [-0.39, 0.29) is 34.8 Å². The summed E-state index contributed by atoms with van der Waals surface area (Å²) >= 11 is 7.70. The van der Waals surface area contributed by atoms with Gasteiger partial charge < -0.3 is 29.7 Å². The molecular formula is C30H38ClF3N6O4S. The first-order chi connectivity index (χ1) is 21.3. The molecule has 45 heavy (non-hydrogen) atoms. The molecule has 15 heteroatoms. The number of likely N-dealkylation sites (tertiary alicyclic amines) is 2. The molecule has 0 radical (unpaired) electrons. The van der Waals surface area contributed by atoms with E-state index < -0.39 is 29.8 Å². The number of nitrogens with zero attached hydrogens (tertiary/aromatic N) is 4. The van der Waals surface area contributed by atoms with E-state index in [0.29, 0.717) is 51.6 Å². The van der Waals surface area contributed by atoms with Crippen LogP contribution in [-0.2, 0) is 28.7 Å². The third kappa shape index (κ3) is 7.44. The molecule has 2 N–H and O–H groups in total. The molecule has 4 amide bonds. The summed E-state index contributed by atoms with van der Waals surface area (Å²) in [7, 11) is 5.30. The van der Waals surface area contributed by atoms with E-state index in [0.717, 1.165) is 29.5 Å². The fourth-order valence-corrected chi connectivity index (χ4v) is 7.44. The average Bonchev–Trinajstić information content (AvgIpc) is 3.46. The number of nitrogens with one attached hydrogen (secondary N) is 2. The minimum Gasteiger partial charge on any atom is -0.436 e. The molecule has 5 rings (SSSR count). The molecule has 0 aliphatic carbocycles. The Morgan fingerprint density at radius 1 is 1.13 bits per heavy atom. The predicted molar refractivity (Wildman–Crippen MR) is 167 cm³/mol. The summed E-state index contributed by atoms with van der Waals surface area (Å²) in [5, 5.41) is 8.05. The van der Waals surface area contributed by atoms with Crippen molar-refractivity contribution in [2.75, 3.05) is 58.0 Å². The van der Waals surface area contributed by atoms with Crippen molar-refractivity contribution in [1.82, 2.24) is 19.6 Å². The highest BCUT2D eigenvalue weighted by Gasteiger charge is 2.38. The Kier molecular flexibility index (Phi) is 10.0. The molecule has 2 aromatic rings. The van der Waals surface area contributed by atoms with E-state index in [1.807, 2.05) is 25.5 Å². The zero-order valence-corrected chi connectivity index (χ0v) is 27.0. The van der Waals surface area contributed by atoms with E-state index in [4.69, 9.17) is 16.3 Å². The van der Waals surface area contributed by atoms with Crippen molar-refractivity contribution in [3.05, 3.63) is 45.3 Å². The van der Waals surface area contributed by atoms with Crippen LogP contribution >= 0.6 is 22.9 Å². The lowest BCUT2D eigenvalue weighted by Crippen LogP contribution is -2.52. The van der Waals surface area contributed by atoms with E-state index >= 15 is 0 Å². The number of fused-ring (bicyclic) bond motifs is 1. The first-order valence-corrected chi connectivity index (χ1v) is 16.2. The molecule has 3 aliphatic heterocycles. The second kappa shape index (κ2) is 13.6. The number of carbonyl (C=O) groups is 3. The van der Waals surface area contributed by atoms with E-state index in [2.05, 4.69) is 15.5 Å². The van der Waals surface area contributed by atoms with Gasteiger partial charge in [-0.1, -0.05) is 11.6 Å². The number of halogens is 4. The van der Waals surface area contributed by atoms with Crippen LogP contribution in [0.2, 0.25) is 5.02 Å². The molecule has 10 nitrogen and oxygen atoms in total. The maximum atomic E-state index is 13.9. The quantitative estimate of drug-likeness (QED) is 0.400. The van der Waals surface area contributed by atoms with Crippen LogP contribution in [0.1, 0.15) is 42.4 Å². The van der Waals surface area contributed by atoms with Gasteiger partial charge in [-0.25, -0.2) is 9.59 Å². The zero-order chi connectivity index (χ0) is 32.5. The van der Waals surface area contributed by atoms with Crippen molar-refractivity contribution in [2.45, 2.75) is 63.0 Å². The zero-order valence-electron chi connectivity index (χ0n) is 25.5. The van der Waals surface area contributed by atoms with Crippen LogP contribution in [0.4, 0.5) is 33.4 Å². The molecule has 1 aromatic carbocycles. The van der Waals surface area contributed by atoms with Crippen molar-refractivity contribution in [3.8, 4) is 0 Å². The molecule has 1 atom stereocenters. The van der Waals surface area contributed by atoms with Crippen LogP contribution in [-0.4, -0.2) is 103 Å². The first kappa shape index (κ1) is 33.1. The largest absolute Gasteiger partial charge is 0.436 e. The monoisotopic (exact) mass is 670 g/mol. The standard InChI is InChI=1S/C30H38ClF3N6O4S/c1-35-25-22(30(32,33)34)14-18(15-23(25)31)16-24(27(41)38-9-4-20(5-10-38)37(2)3)44-29(43)39-11-6-21(7-12-39)40-17-19-8-13-45-26(19)36-28(40)42/h8,13-15,20-21,24,35H,4-7,9-12,16-17H2,1-3H3,(H,36,42)/t24-/m1/s1. The van der Waals surface area contributed by atoms with Gasteiger partial charge in [-0.2, -0.15) is 13.2 Å². The van der Waals surface area contributed by atoms with Crippen molar-refractivity contribution in [2.24, 2.45) is 0 Å². The van der Waals surface area contributed by atoms with Gasteiger partial charge in [0.2, 0.25) is 0 Å². The number of piperidine rings is 2. The number of urea groups is 1. The van der Waals surface area contributed by atoms with Gasteiger partial charge in [0, 0.05) is 57.3 Å². The fourth-order valence-electron chi connectivity index (χ4n) is 6.30. The van der Waals surface area contributed by atoms with Crippen LogP contribution < -0.4 is 10.6 Å². The number of hydrogen-bond donors (Lipinski definition) is 2. The van der Waals surface area contributed by atoms with E-state index in [1.165, 1.54) is 29.4 Å². The summed E-state index contributed by atoms with van der Waals surface area (Å²) in [6.07, 6.45) is -4.51. The van der Waals surface area contributed by atoms with Crippen LogP contribution in [0.25, 0.3) is 0 Å². The summed E-state index contributed by atoms with van der Waals surface area (Å²) < 4.78 is 47.5. The predicted octanol–water partition coefficient (Wildman–Crippen LogP) is 5.57.